The molecule has 1 amide bonds. The van der Waals surface area contributed by atoms with Crippen LogP contribution in [0, 0.1) is 0 Å². The van der Waals surface area contributed by atoms with Crippen molar-refractivity contribution in [3.8, 4) is 17.2 Å². The van der Waals surface area contributed by atoms with Crippen LogP contribution in [0.4, 0.5) is 5.69 Å². The molecule has 7 heteroatoms. The molecule has 1 heterocycles. The van der Waals surface area contributed by atoms with Gasteiger partial charge in [-0.1, -0.05) is 12.1 Å². The van der Waals surface area contributed by atoms with Gasteiger partial charge in [-0.3, -0.25) is 4.79 Å². The summed E-state index contributed by atoms with van der Waals surface area (Å²) in [6.45, 7) is 4.94. The zero-order valence-corrected chi connectivity index (χ0v) is 18.2. The molecule has 1 saturated heterocycles. The first-order valence-corrected chi connectivity index (χ1v) is 10.5. The van der Waals surface area contributed by atoms with E-state index in [1.165, 1.54) is 11.8 Å². The average Bonchev–Trinajstić information content (AvgIpc) is 2.78. The van der Waals surface area contributed by atoms with Crippen LogP contribution in [0.1, 0.15) is 6.92 Å². The van der Waals surface area contributed by atoms with Gasteiger partial charge in [0, 0.05) is 31.1 Å². The van der Waals surface area contributed by atoms with Gasteiger partial charge in [-0.05, 0) is 37.3 Å². The van der Waals surface area contributed by atoms with Crippen molar-refractivity contribution >= 4 is 23.4 Å². The quantitative estimate of drug-likeness (QED) is 0.644. The maximum atomic E-state index is 13.0. The fraction of sp³-hybridized carbons (Fsp3) is 0.409. The lowest BCUT2D eigenvalue weighted by atomic mass is 10.2. The maximum absolute atomic E-state index is 13.0. The summed E-state index contributed by atoms with van der Waals surface area (Å²) in [5, 5.41) is -0.175. The lowest BCUT2D eigenvalue weighted by Gasteiger charge is -2.37. The van der Waals surface area contributed by atoms with Gasteiger partial charge in [-0.15, -0.1) is 11.8 Å². The molecule has 3 rings (SSSR count). The second-order valence-corrected chi connectivity index (χ2v) is 8.18. The van der Waals surface area contributed by atoms with Crippen molar-refractivity contribution in [2.75, 3.05) is 52.4 Å². The smallest absolute Gasteiger partial charge is 0.235 e. The van der Waals surface area contributed by atoms with Gasteiger partial charge in [0.05, 0.1) is 32.3 Å². The van der Waals surface area contributed by atoms with Crippen LogP contribution in [-0.2, 0) is 4.79 Å². The molecule has 156 valence electrons. The summed E-state index contributed by atoms with van der Waals surface area (Å²) in [6.07, 6.45) is 0. The number of thioether (sulfide) groups is 1. The molecular weight excluding hydrogens is 388 g/mol. The van der Waals surface area contributed by atoms with E-state index < -0.39 is 0 Å². The zero-order valence-electron chi connectivity index (χ0n) is 17.4. The summed E-state index contributed by atoms with van der Waals surface area (Å²) >= 11 is 1.54. The Morgan fingerprint density at radius 3 is 2.21 bits per heavy atom. The minimum atomic E-state index is -0.175. The van der Waals surface area contributed by atoms with E-state index in [1.807, 2.05) is 48.2 Å². The van der Waals surface area contributed by atoms with Crippen molar-refractivity contribution in [1.29, 1.82) is 0 Å². The molecule has 2 aromatic rings. The number of carbonyl (C=O) groups excluding carboxylic acids is 1. The number of hydrogen-bond acceptors (Lipinski definition) is 6. The second kappa shape index (κ2) is 9.78. The minimum absolute atomic E-state index is 0.157. The summed E-state index contributed by atoms with van der Waals surface area (Å²) in [4.78, 5) is 18.2. The molecule has 0 saturated carbocycles. The highest BCUT2D eigenvalue weighted by molar-refractivity contribution is 8.00. The Bertz CT molecular complexity index is 837. The van der Waals surface area contributed by atoms with E-state index in [-0.39, 0.29) is 11.2 Å². The summed E-state index contributed by atoms with van der Waals surface area (Å²) in [7, 11) is 4.91. The topological polar surface area (TPSA) is 51.2 Å². The van der Waals surface area contributed by atoms with E-state index in [0.717, 1.165) is 29.4 Å². The maximum Gasteiger partial charge on any atom is 0.235 e. The molecule has 6 nitrogen and oxygen atoms in total. The molecule has 0 unspecified atom stereocenters. The Morgan fingerprint density at radius 1 is 0.897 bits per heavy atom. The summed E-state index contributed by atoms with van der Waals surface area (Å²) in [6, 6.07) is 13.7. The van der Waals surface area contributed by atoms with Crippen molar-refractivity contribution in [1.82, 2.24) is 4.90 Å². The highest BCUT2D eigenvalue weighted by Crippen LogP contribution is 2.34. The molecule has 0 bridgehead atoms. The third-order valence-corrected chi connectivity index (χ3v) is 6.11. The van der Waals surface area contributed by atoms with E-state index in [1.54, 1.807) is 21.3 Å². The standard InChI is InChI=1S/C22H28N2O4S/c1-16(29-17-9-10-20(27-3)21(15-17)28-4)22(25)24-13-11-23(12-14-24)18-7-5-6-8-19(18)26-2/h5-10,15-16H,11-14H2,1-4H3/t16-/m0/s1. The number of amides is 1. The Kier molecular flexibility index (Phi) is 7.14. The molecular formula is C22H28N2O4S. The molecule has 1 fully saturated rings. The highest BCUT2D eigenvalue weighted by Gasteiger charge is 2.26. The monoisotopic (exact) mass is 416 g/mol. The van der Waals surface area contributed by atoms with Crippen LogP contribution in [0.3, 0.4) is 0 Å². The Morgan fingerprint density at radius 2 is 1.55 bits per heavy atom. The molecule has 29 heavy (non-hydrogen) atoms. The number of carbonyl (C=O) groups is 1. The van der Waals surface area contributed by atoms with Gasteiger partial charge >= 0.3 is 0 Å². The van der Waals surface area contributed by atoms with Crippen molar-refractivity contribution in [2.24, 2.45) is 0 Å². The van der Waals surface area contributed by atoms with Crippen LogP contribution in [0.15, 0.2) is 47.4 Å². The van der Waals surface area contributed by atoms with Crippen molar-refractivity contribution in [3.05, 3.63) is 42.5 Å². The Balaban J connectivity index is 1.59. The van der Waals surface area contributed by atoms with E-state index in [9.17, 15) is 4.79 Å². The SMILES string of the molecule is COc1ccc(S[C@@H](C)C(=O)N2CCN(c3ccccc3OC)CC2)cc1OC. The average molecular weight is 417 g/mol. The van der Waals surface area contributed by atoms with Gasteiger partial charge in [-0.2, -0.15) is 0 Å². The van der Waals surface area contributed by atoms with Crippen molar-refractivity contribution < 1.29 is 19.0 Å². The summed E-state index contributed by atoms with van der Waals surface area (Å²) < 4.78 is 16.1. The molecule has 0 aliphatic carbocycles. The molecule has 2 aromatic carbocycles. The van der Waals surface area contributed by atoms with Gasteiger partial charge in [0.15, 0.2) is 11.5 Å². The lowest BCUT2D eigenvalue weighted by molar-refractivity contribution is -0.130. The summed E-state index contributed by atoms with van der Waals surface area (Å²) in [5.41, 5.74) is 1.08. The van der Waals surface area contributed by atoms with Crippen LogP contribution in [0.25, 0.3) is 0 Å². The number of piperazine rings is 1. The number of benzene rings is 2. The molecule has 0 spiro atoms. The third kappa shape index (κ3) is 4.90. The van der Waals surface area contributed by atoms with Gasteiger partial charge in [0.2, 0.25) is 5.91 Å². The number of para-hydroxylation sites is 2. The van der Waals surface area contributed by atoms with E-state index in [2.05, 4.69) is 11.0 Å². The van der Waals surface area contributed by atoms with E-state index in [0.29, 0.717) is 24.6 Å². The number of methoxy groups -OCH3 is 3. The second-order valence-electron chi connectivity index (χ2n) is 6.76. The number of ether oxygens (including phenoxy) is 3. The fourth-order valence-corrected chi connectivity index (χ4v) is 4.44. The highest BCUT2D eigenvalue weighted by atomic mass is 32.2. The Hall–Kier alpha value is -2.54. The van der Waals surface area contributed by atoms with Crippen LogP contribution in [-0.4, -0.2) is 63.6 Å². The molecule has 0 aromatic heterocycles. The largest absolute Gasteiger partial charge is 0.495 e. The Labute approximate surface area is 176 Å². The van der Waals surface area contributed by atoms with Gasteiger partial charge in [-0.25, -0.2) is 0 Å². The van der Waals surface area contributed by atoms with Crippen LogP contribution < -0.4 is 19.1 Å². The zero-order chi connectivity index (χ0) is 20.8. The number of nitrogens with zero attached hydrogens (tertiary/aromatic N) is 2. The molecule has 0 N–H and O–H groups in total. The predicted octanol–water partition coefficient (Wildman–Crippen LogP) is 3.54. The number of rotatable bonds is 7. The number of anilines is 1. The van der Waals surface area contributed by atoms with Crippen LogP contribution in [0.2, 0.25) is 0 Å². The first-order valence-electron chi connectivity index (χ1n) is 9.62. The van der Waals surface area contributed by atoms with E-state index >= 15 is 0 Å². The van der Waals surface area contributed by atoms with Crippen molar-refractivity contribution in [3.63, 3.8) is 0 Å². The van der Waals surface area contributed by atoms with Gasteiger partial charge < -0.3 is 24.0 Å². The number of hydrogen-bond donors (Lipinski definition) is 0. The van der Waals surface area contributed by atoms with Crippen LogP contribution in [0.5, 0.6) is 17.2 Å². The normalized spacial score (nSPS) is 15.0. The molecule has 0 radical (unpaired) electrons. The van der Waals surface area contributed by atoms with Crippen LogP contribution >= 0.6 is 11.8 Å². The molecule has 1 atom stereocenters. The predicted molar refractivity (Wildman–Crippen MR) is 117 cm³/mol. The fourth-order valence-electron chi connectivity index (χ4n) is 3.46. The lowest BCUT2D eigenvalue weighted by Crippen LogP contribution is -2.50. The van der Waals surface area contributed by atoms with Crippen molar-refractivity contribution in [2.45, 2.75) is 17.1 Å². The van der Waals surface area contributed by atoms with Gasteiger partial charge in [0.25, 0.3) is 0 Å². The minimum Gasteiger partial charge on any atom is -0.495 e. The molecule has 1 aliphatic rings. The third-order valence-electron chi connectivity index (χ3n) is 5.03. The first-order chi connectivity index (χ1) is 14.1. The summed E-state index contributed by atoms with van der Waals surface area (Å²) in [5.74, 6) is 2.37. The van der Waals surface area contributed by atoms with E-state index in [4.69, 9.17) is 14.2 Å². The first kappa shape index (κ1) is 21.2. The van der Waals surface area contributed by atoms with Gasteiger partial charge in [0.1, 0.15) is 5.75 Å². The molecule has 1 aliphatic heterocycles.